The van der Waals surface area contributed by atoms with E-state index in [1.165, 1.54) is 11.1 Å². The normalized spacial score (nSPS) is 10.5. The highest BCUT2D eigenvalue weighted by atomic mass is 32.3. The number of nitrogen functional groups attached to an aromatic ring is 2. The highest BCUT2D eigenvalue weighted by Gasteiger charge is 1.95. The lowest BCUT2D eigenvalue weighted by Crippen LogP contribution is -1.90. The zero-order chi connectivity index (χ0) is 15.2. The third-order valence-electron chi connectivity index (χ3n) is 2.37. The first kappa shape index (κ1) is 16.0. The van der Waals surface area contributed by atoms with E-state index in [9.17, 15) is 0 Å². The maximum Gasteiger partial charge on any atom is 0.394 e. The van der Waals surface area contributed by atoms with Crippen LogP contribution in [-0.4, -0.2) is 17.5 Å². The zero-order valence-corrected chi connectivity index (χ0v) is 11.4. The second kappa shape index (κ2) is 6.90. The van der Waals surface area contributed by atoms with Crippen molar-refractivity contribution in [3.63, 3.8) is 0 Å². The van der Waals surface area contributed by atoms with Gasteiger partial charge >= 0.3 is 10.4 Å². The molecule has 0 aromatic heterocycles. The Morgan fingerprint density at radius 2 is 1.00 bits per heavy atom. The fourth-order valence-corrected chi connectivity index (χ4v) is 1.51. The molecule has 2 aromatic carbocycles. The van der Waals surface area contributed by atoms with Gasteiger partial charge in [-0.1, -0.05) is 24.3 Å². The Labute approximate surface area is 117 Å². The number of hydrogen-bond donors (Lipinski definition) is 4. The summed E-state index contributed by atoms with van der Waals surface area (Å²) in [6.07, 6.45) is 0.917. The van der Waals surface area contributed by atoms with E-state index >= 15 is 0 Å². The number of nitrogens with two attached hydrogens (primary N) is 2. The first-order chi connectivity index (χ1) is 9.24. The van der Waals surface area contributed by atoms with Gasteiger partial charge in [-0.25, -0.2) is 0 Å². The lowest BCUT2D eigenvalue weighted by atomic mass is 10.0. The molecule has 7 heteroatoms. The summed E-state index contributed by atoms with van der Waals surface area (Å²) in [5, 5.41) is 0. The summed E-state index contributed by atoms with van der Waals surface area (Å²) in [6, 6.07) is 15.9. The Morgan fingerprint density at radius 3 is 1.25 bits per heavy atom. The van der Waals surface area contributed by atoms with E-state index < -0.39 is 10.4 Å². The van der Waals surface area contributed by atoms with Crippen LogP contribution in [-0.2, 0) is 16.8 Å². The molecule has 0 spiro atoms. The average Bonchev–Trinajstić information content (AvgIpc) is 2.33. The predicted octanol–water partition coefficient (Wildman–Crippen LogP) is 1.79. The van der Waals surface area contributed by atoms with Crippen molar-refractivity contribution in [2.75, 3.05) is 11.5 Å². The van der Waals surface area contributed by atoms with Crippen molar-refractivity contribution < 1.29 is 17.5 Å². The third kappa shape index (κ3) is 7.37. The largest absolute Gasteiger partial charge is 0.399 e. The summed E-state index contributed by atoms with van der Waals surface area (Å²) in [7, 11) is -4.67. The molecule has 20 heavy (non-hydrogen) atoms. The van der Waals surface area contributed by atoms with Crippen molar-refractivity contribution in [2.45, 2.75) is 6.42 Å². The molecule has 0 aliphatic heterocycles. The second-order valence-corrected chi connectivity index (χ2v) is 5.00. The first-order valence-corrected chi connectivity index (χ1v) is 7.02. The summed E-state index contributed by atoms with van der Waals surface area (Å²) < 4.78 is 31.6. The molecule has 6 N–H and O–H groups in total. The molecule has 0 amide bonds. The van der Waals surface area contributed by atoms with Crippen LogP contribution < -0.4 is 11.5 Å². The van der Waals surface area contributed by atoms with Crippen molar-refractivity contribution in [3.8, 4) is 0 Å². The van der Waals surface area contributed by atoms with Crippen LogP contribution in [0.3, 0.4) is 0 Å². The molecule has 0 heterocycles. The summed E-state index contributed by atoms with van der Waals surface area (Å²) in [6.45, 7) is 0. The smallest absolute Gasteiger partial charge is 0.394 e. The quantitative estimate of drug-likeness (QED) is 0.494. The molecular formula is C13H16N2O4S. The Hall–Kier alpha value is -2.09. The molecular weight excluding hydrogens is 280 g/mol. The van der Waals surface area contributed by atoms with Crippen LogP contribution in [0.5, 0.6) is 0 Å². The minimum atomic E-state index is -4.67. The molecule has 2 rings (SSSR count). The highest BCUT2D eigenvalue weighted by molar-refractivity contribution is 7.79. The summed E-state index contributed by atoms with van der Waals surface area (Å²) in [5.41, 5.74) is 15.4. The van der Waals surface area contributed by atoms with Gasteiger partial charge in [0.05, 0.1) is 0 Å². The van der Waals surface area contributed by atoms with Crippen LogP contribution in [0.4, 0.5) is 11.4 Å². The summed E-state index contributed by atoms with van der Waals surface area (Å²) >= 11 is 0. The molecule has 0 radical (unpaired) electrons. The van der Waals surface area contributed by atoms with E-state index in [-0.39, 0.29) is 0 Å². The van der Waals surface area contributed by atoms with Crippen LogP contribution in [0.2, 0.25) is 0 Å². The van der Waals surface area contributed by atoms with Gasteiger partial charge in [0.15, 0.2) is 0 Å². The number of benzene rings is 2. The Kier molecular flexibility index (Phi) is 5.51. The van der Waals surface area contributed by atoms with Crippen molar-refractivity contribution in [1.29, 1.82) is 0 Å². The minimum absolute atomic E-state index is 0.802. The molecule has 0 saturated heterocycles. The van der Waals surface area contributed by atoms with E-state index in [4.69, 9.17) is 29.0 Å². The number of rotatable bonds is 2. The van der Waals surface area contributed by atoms with Gasteiger partial charge in [0.1, 0.15) is 0 Å². The van der Waals surface area contributed by atoms with Crippen LogP contribution in [0.15, 0.2) is 48.5 Å². The van der Waals surface area contributed by atoms with Crippen LogP contribution in [0.25, 0.3) is 0 Å². The molecule has 2 aromatic rings. The van der Waals surface area contributed by atoms with Crippen molar-refractivity contribution in [3.05, 3.63) is 59.7 Å². The van der Waals surface area contributed by atoms with Crippen molar-refractivity contribution in [1.82, 2.24) is 0 Å². The molecule has 0 aliphatic rings. The van der Waals surface area contributed by atoms with Crippen LogP contribution in [0.1, 0.15) is 11.1 Å². The van der Waals surface area contributed by atoms with Gasteiger partial charge in [0.2, 0.25) is 0 Å². The Morgan fingerprint density at radius 1 is 0.750 bits per heavy atom. The van der Waals surface area contributed by atoms with Gasteiger partial charge in [0, 0.05) is 11.4 Å². The second-order valence-electron chi connectivity index (χ2n) is 4.11. The SMILES string of the molecule is Nc1ccc(Cc2ccc(N)cc2)cc1.O=S(=O)(O)O. The molecule has 0 atom stereocenters. The van der Waals surface area contributed by atoms with Crippen LogP contribution in [0, 0.1) is 0 Å². The third-order valence-corrected chi connectivity index (χ3v) is 2.37. The molecule has 0 fully saturated rings. The van der Waals surface area contributed by atoms with E-state index in [1.54, 1.807) is 0 Å². The van der Waals surface area contributed by atoms with Crippen molar-refractivity contribution in [2.24, 2.45) is 0 Å². The predicted molar refractivity (Wildman–Crippen MR) is 78.7 cm³/mol. The molecule has 0 unspecified atom stereocenters. The fourth-order valence-electron chi connectivity index (χ4n) is 1.51. The van der Waals surface area contributed by atoms with Gasteiger partial charge in [-0.3, -0.25) is 9.11 Å². The van der Waals surface area contributed by atoms with E-state index in [2.05, 4.69) is 0 Å². The van der Waals surface area contributed by atoms with Gasteiger partial charge in [0.25, 0.3) is 0 Å². The summed E-state index contributed by atoms with van der Waals surface area (Å²) in [5.74, 6) is 0. The minimum Gasteiger partial charge on any atom is -0.399 e. The average molecular weight is 296 g/mol. The first-order valence-electron chi connectivity index (χ1n) is 5.63. The van der Waals surface area contributed by atoms with Crippen molar-refractivity contribution >= 4 is 21.8 Å². The lowest BCUT2D eigenvalue weighted by Gasteiger charge is -2.02. The molecule has 0 saturated carbocycles. The zero-order valence-electron chi connectivity index (χ0n) is 10.6. The van der Waals surface area contributed by atoms with Crippen LogP contribution >= 0.6 is 0 Å². The molecule has 6 nitrogen and oxygen atoms in total. The van der Waals surface area contributed by atoms with E-state index in [0.29, 0.717) is 0 Å². The lowest BCUT2D eigenvalue weighted by molar-refractivity contribution is 0.381. The van der Waals surface area contributed by atoms with Gasteiger partial charge in [-0.2, -0.15) is 8.42 Å². The number of anilines is 2. The topological polar surface area (TPSA) is 127 Å². The van der Waals surface area contributed by atoms with Gasteiger partial charge in [-0.05, 0) is 41.8 Å². The van der Waals surface area contributed by atoms with E-state index in [1.807, 2.05) is 48.5 Å². The maximum atomic E-state index is 8.74. The number of hydrogen-bond acceptors (Lipinski definition) is 4. The molecule has 108 valence electrons. The molecule has 0 aliphatic carbocycles. The van der Waals surface area contributed by atoms with E-state index in [0.717, 1.165) is 17.8 Å². The molecule has 0 bridgehead atoms. The monoisotopic (exact) mass is 296 g/mol. The van der Waals surface area contributed by atoms with Gasteiger partial charge in [-0.15, -0.1) is 0 Å². The Balaban J connectivity index is 0.000000347. The summed E-state index contributed by atoms with van der Waals surface area (Å²) in [4.78, 5) is 0. The fraction of sp³-hybridized carbons (Fsp3) is 0.0769. The highest BCUT2D eigenvalue weighted by Crippen LogP contribution is 2.13. The standard InChI is InChI=1S/C13H14N2.H2O4S/c14-12-5-1-10(2-6-12)9-11-3-7-13(15)8-4-11;1-5(2,3)4/h1-8H,9,14-15H2;(H2,1,2,3,4). The maximum absolute atomic E-state index is 8.74. The Bertz CT molecular complexity index is 586. The van der Waals surface area contributed by atoms with Gasteiger partial charge < -0.3 is 11.5 Å².